The summed E-state index contributed by atoms with van der Waals surface area (Å²) in [5.74, 6) is 1.72. The molecule has 2 aromatic rings. The summed E-state index contributed by atoms with van der Waals surface area (Å²) >= 11 is 5.10. The monoisotopic (exact) mass is 328 g/mol. The molecule has 0 amide bonds. The number of rotatable bonds is 5. The zero-order chi connectivity index (χ0) is 13.0. The number of methoxy groups -OCH3 is 1. The minimum Gasteiger partial charge on any atom is -0.384 e. The lowest BCUT2D eigenvalue weighted by molar-refractivity contribution is 0.178. The van der Waals surface area contributed by atoms with Crippen molar-refractivity contribution in [1.29, 1.82) is 0 Å². The van der Waals surface area contributed by atoms with Gasteiger partial charge in [-0.3, -0.25) is 0 Å². The molecule has 0 radical (unpaired) electrons. The normalized spacial score (nSPS) is 10.6. The highest BCUT2D eigenvalue weighted by atomic mass is 79.9. The number of ether oxygens (including phenoxy) is 1. The summed E-state index contributed by atoms with van der Waals surface area (Å²) in [5.41, 5.74) is 5.71. The number of aromatic nitrogens is 2. The van der Waals surface area contributed by atoms with Gasteiger partial charge in [0, 0.05) is 27.9 Å². The van der Waals surface area contributed by atoms with E-state index in [-0.39, 0.29) is 0 Å². The van der Waals surface area contributed by atoms with Crippen LogP contribution in [-0.4, -0.2) is 17.1 Å². The van der Waals surface area contributed by atoms with Crippen molar-refractivity contribution in [2.45, 2.75) is 13.2 Å². The van der Waals surface area contributed by atoms with E-state index < -0.39 is 0 Å². The maximum Gasteiger partial charge on any atom is 0.158 e. The number of anilines is 2. The summed E-state index contributed by atoms with van der Waals surface area (Å²) in [6.45, 7) is 1.06. The number of halogens is 1. The Balaban J connectivity index is 2.04. The van der Waals surface area contributed by atoms with E-state index in [0.29, 0.717) is 30.6 Å². The first-order chi connectivity index (χ1) is 8.67. The third-order valence-electron chi connectivity index (χ3n) is 2.13. The average Bonchev–Trinajstić information content (AvgIpc) is 2.72. The Kier molecular flexibility index (Phi) is 4.51. The number of nitrogens with zero attached hydrogens (tertiary/aromatic N) is 2. The number of nitrogens with one attached hydrogen (secondary N) is 1. The predicted octanol–water partition coefficient (Wildman–Crippen LogP) is 2.64. The fourth-order valence-corrected chi connectivity index (χ4v) is 2.82. The molecule has 0 aromatic carbocycles. The third-order valence-corrected chi connectivity index (χ3v) is 3.83. The second-order valence-corrected chi connectivity index (χ2v) is 5.52. The summed E-state index contributed by atoms with van der Waals surface area (Å²) in [6, 6.07) is 3.78. The van der Waals surface area contributed by atoms with Crippen molar-refractivity contribution in [3.05, 3.63) is 32.7 Å². The molecular weight excluding hydrogens is 316 g/mol. The van der Waals surface area contributed by atoms with Crippen LogP contribution in [0.5, 0.6) is 0 Å². The number of nitrogens with two attached hydrogens (primary N) is 1. The largest absolute Gasteiger partial charge is 0.384 e. The SMILES string of the molecule is COCc1nc(N)cc(NCc2cc(Br)cs2)n1. The first-order valence-electron chi connectivity index (χ1n) is 5.26. The Morgan fingerprint density at radius 1 is 1.44 bits per heavy atom. The molecule has 0 saturated heterocycles. The van der Waals surface area contributed by atoms with Crippen molar-refractivity contribution in [2.24, 2.45) is 0 Å². The maximum atomic E-state index is 5.71. The molecule has 96 valence electrons. The van der Waals surface area contributed by atoms with Gasteiger partial charge in [0.1, 0.15) is 18.2 Å². The summed E-state index contributed by atoms with van der Waals surface area (Å²) < 4.78 is 6.08. The molecule has 18 heavy (non-hydrogen) atoms. The molecule has 0 aliphatic carbocycles. The summed E-state index contributed by atoms with van der Waals surface area (Å²) in [6.07, 6.45) is 0. The van der Waals surface area contributed by atoms with Crippen molar-refractivity contribution in [3.8, 4) is 0 Å². The van der Waals surface area contributed by atoms with Crippen LogP contribution >= 0.6 is 27.3 Å². The molecule has 0 bridgehead atoms. The minimum absolute atomic E-state index is 0.351. The number of thiophene rings is 1. The Morgan fingerprint density at radius 2 is 2.28 bits per heavy atom. The predicted molar refractivity (Wildman–Crippen MR) is 76.5 cm³/mol. The van der Waals surface area contributed by atoms with Crippen LogP contribution in [0.2, 0.25) is 0 Å². The van der Waals surface area contributed by atoms with E-state index in [4.69, 9.17) is 10.5 Å². The van der Waals surface area contributed by atoms with E-state index in [9.17, 15) is 0 Å². The van der Waals surface area contributed by atoms with Crippen LogP contribution in [-0.2, 0) is 17.9 Å². The number of hydrogen-bond acceptors (Lipinski definition) is 6. The van der Waals surface area contributed by atoms with E-state index in [1.807, 2.05) is 5.38 Å². The van der Waals surface area contributed by atoms with Crippen molar-refractivity contribution >= 4 is 38.9 Å². The highest BCUT2D eigenvalue weighted by Crippen LogP contribution is 2.20. The molecule has 2 rings (SSSR count). The van der Waals surface area contributed by atoms with Crippen LogP contribution in [0.1, 0.15) is 10.7 Å². The third kappa shape index (κ3) is 3.66. The molecule has 2 aromatic heterocycles. The summed E-state index contributed by atoms with van der Waals surface area (Å²) in [7, 11) is 1.60. The molecule has 0 unspecified atom stereocenters. The van der Waals surface area contributed by atoms with Crippen LogP contribution in [0, 0.1) is 0 Å². The van der Waals surface area contributed by atoms with Gasteiger partial charge < -0.3 is 15.8 Å². The molecule has 5 nitrogen and oxygen atoms in total. The van der Waals surface area contributed by atoms with Gasteiger partial charge in [0.25, 0.3) is 0 Å². The van der Waals surface area contributed by atoms with Gasteiger partial charge in [0.05, 0.1) is 6.54 Å². The smallest absolute Gasteiger partial charge is 0.158 e. The van der Waals surface area contributed by atoms with Gasteiger partial charge in [-0.1, -0.05) is 0 Å². The van der Waals surface area contributed by atoms with Gasteiger partial charge in [-0.05, 0) is 22.0 Å². The molecule has 0 aliphatic rings. The summed E-state index contributed by atoms with van der Waals surface area (Å²) in [5, 5.41) is 5.26. The number of hydrogen-bond donors (Lipinski definition) is 2. The van der Waals surface area contributed by atoms with Gasteiger partial charge >= 0.3 is 0 Å². The minimum atomic E-state index is 0.351. The van der Waals surface area contributed by atoms with Crippen LogP contribution in [0.25, 0.3) is 0 Å². The quantitative estimate of drug-likeness (QED) is 0.882. The van der Waals surface area contributed by atoms with E-state index in [1.54, 1.807) is 24.5 Å². The summed E-state index contributed by atoms with van der Waals surface area (Å²) in [4.78, 5) is 9.61. The van der Waals surface area contributed by atoms with Crippen LogP contribution in [0.3, 0.4) is 0 Å². The van der Waals surface area contributed by atoms with Crippen molar-refractivity contribution in [3.63, 3.8) is 0 Å². The zero-order valence-corrected chi connectivity index (χ0v) is 12.2. The van der Waals surface area contributed by atoms with Crippen molar-refractivity contribution in [2.75, 3.05) is 18.2 Å². The molecule has 2 heterocycles. The van der Waals surface area contributed by atoms with E-state index in [2.05, 4.69) is 37.3 Å². The Morgan fingerprint density at radius 3 is 2.94 bits per heavy atom. The topological polar surface area (TPSA) is 73.1 Å². The second kappa shape index (κ2) is 6.12. The molecule has 3 N–H and O–H groups in total. The Hall–Kier alpha value is -1.18. The number of nitrogen functional groups attached to an aromatic ring is 1. The highest BCUT2D eigenvalue weighted by Gasteiger charge is 2.03. The molecule has 0 atom stereocenters. The van der Waals surface area contributed by atoms with Crippen LogP contribution in [0.4, 0.5) is 11.6 Å². The zero-order valence-electron chi connectivity index (χ0n) is 9.81. The van der Waals surface area contributed by atoms with Crippen LogP contribution < -0.4 is 11.1 Å². The molecule has 0 aliphatic heterocycles. The first kappa shape index (κ1) is 13.3. The van der Waals surface area contributed by atoms with Crippen molar-refractivity contribution < 1.29 is 4.74 Å². The average molecular weight is 329 g/mol. The van der Waals surface area contributed by atoms with E-state index >= 15 is 0 Å². The van der Waals surface area contributed by atoms with Gasteiger partial charge in [-0.2, -0.15) is 0 Å². The molecule has 0 fully saturated rings. The van der Waals surface area contributed by atoms with Gasteiger partial charge in [0.15, 0.2) is 5.82 Å². The maximum absolute atomic E-state index is 5.71. The second-order valence-electron chi connectivity index (χ2n) is 3.61. The van der Waals surface area contributed by atoms with E-state index in [1.165, 1.54) is 4.88 Å². The highest BCUT2D eigenvalue weighted by molar-refractivity contribution is 9.10. The standard InChI is InChI=1S/C11H13BrN4OS/c1-17-5-11-15-9(13)3-10(16-11)14-4-8-2-7(12)6-18-8/h2-3,6H,4-5H2,1H3,(H3,13,14,15,16). The lowest BCUT2D eigenvalue weighted by Gasteiger charge is -2.07. The van der Waals surface area contributed by atoms with Gasteiger partial charge in [-0.25, -0.2) is 9.97 Å². The molecule has 0 spiro atoms. The Bertz CT molecular complexity index is 532. The fourth-order valence-electron chi connectivity index (χ4n) is 1.43. The van der Waals surface area contributed by atoms with E-state index in [0.717, 1.165) is 4.47 Å². The molecule has 0 saturated carbocycles. The first-order valence-corrected chi connectivity index (χ1v) is 6.94. The molecular formula is C11H13BrN4OS. The van der Waals surface area contributed by atoms with Gasteiger partial charge in [-0.15, -0.1) is 11.3 Å². The Labute approximate surface area is 118 Å². The fraction of sp³-hybridized carbons (Fsp3) is 0.273. The lowest BCUT2D eigenvalue weighted by Crippen LogP contribution is -2.06. The van der Waals surface area contributed by atoms with Gasteiger partial charge in [0.2, 0.25) is 0 Å². The van der Waals surface area contributed by atoms with Crippen LogP contribution in [0.15, 0.2) is 22.0 Å². The van der Waals surface area contributed by atoms with Crippen molar-refractivity contribution in [1.82, 2.24) is 9.97 Å². The molecule has 7 heteroatoms. The lowest BCUT2D eigenvalue weighted by atomic mass is 10.4.